The van der Waals surface area contributed by atoms with Crippen molar-refractivity contribution in [3.05, 3.63) is 163 Å². The molecule has 4 aliphatic heterocycles. The molecule has 386 valence electrons. The second kappa shape index (κ2) is 17.2. The van der Waals surface area contributed by atoms with Crippen LogP contribution < -0.4 is 0 Å². The van der Waals surface area contributed by atoms with Crippen LogP contribution in [0.4, 0.5) is 87.8 Å². The summed E-state index contributed by atoms with van der Waals surface area (Å²) in [5.41, 5.74) is -19.8. The molecule has 0 saturated carbocycles. The molecule has 4 aromatic carbocycles. The number of benzene rings is 4. The number of halogens is 20. The standard InChI is InChI=1S/C49H19F20N5O/c50-28-24(29(51)37(59)44(66)36(28)58)20-12-1-2-13(70-12)21(25-30(52)38(60)45(67)39(61)31(25)53)15-4-6-17(72-15)23(27-34(56)42(64)47(69)43(65)35(27)57)49-19-11(9-74-8-10(75)7-18(19)74)48(73-49)22(16-5-3-14(20)71-16)26-32(54)40(62)46(68)41(63)33(26)55/h1-6,10-11,18-19,70,72,75H,7-9H2/t10-,11-,18+,19-/m1/s1. The Bertz CT molecular complexity index is 3850. The number of aliphatic hydroxyl groups excluding tert-OH is 1. The monoisotopic (exact) mass is 1070 g/mol. The maximum Gasteiger partial charge on any atom is 0.200 e. The van der Waals surface area contributed by atoms with Gasteiger partial charge in [-0.05, 0) is 42.8 Å². The molecule has 7 heterocycles. The first kappa shape index (κ1) is 49.5. The Morgan fingerprint density at radius 2 is 0.680 bits per heavy atom. The van der Waals surface area contributed by atoms with Crippen LogP contribution in [0.2, 0.25) is 0 Å². The van der Waals surface area contributed by atoms with Crippen molar-refractivity contribution in [1.29, 1.82) is 0 Å². The summed E-state index contributed by atoms with van der Waals surface area (Å²) in [6.45, 7) is -0.760. The fourth-order valence-electron chi connectivity index (χ4n) is 10.4. The van der Waals surface area contributed by atoms with E-state index in [9.17, 15) is 22.7 Å². The first-order valence-corrected chi connectivity index (χ1v) is 21.4. The highest BCUT2D eigenvalue weighted by Crippen LogP contribution is 2.56. The molecule has 26 heteroatoms. The minimum absolute atomic E-state index is 0.281. The fraction of sp³-hybridized carbons (Fsp3) is 0.143. The molecular formula is C49H19F20N5O. The Morgan fingerprint density at radius 3 is 1.09 bits per heavy atom. The third-order valence-electron chi connectivity index (χ3n) is 13.6. The van der Waals surface area contributed by atoms with E-state index in [0.717, 1.165) is 0 Å². The van der Waals surface area contributed by atoms with Crippen LogP contribution in [0, 0.1) is 116 Å². The lowest BCUT2D eigenvalue weighted by atomic mass is 9.82. The maximum absolute atomic E-state index is 16.4. The molecule has 8 bridgehead atoms. The highest BCUT2D eigenvalue weighted by atomic mass is 19.2. The van der Waals surface area contributed by atoms with E-state index in [1.54, 1.807) is 0 Å². The van der Waals surface area contributed by atoms with Gasteiger partial charge in [-0.2, -0.15) is 0 Å². The van der Waals surface area contributed by atoms with Gasteiger partial charge in [-0.15, -0.1) is 0 Å². The molecule has 2 fully saturated rings. The molecule has 3 aromatic heterocycles. The van der Waals surface area contributed by atoms with Gasteiger partial charge < -0.3 is 15.1 Å². The van der Waals surface area contributed by atoms with E-state index >= 15 is 70.2 Å². The van der Waals surface area contributed by atoms with Gasteiger partial charge in [0.1, 0.15) is 0 Å². The maximum atomic E-state index is 16.4. The molecule has 0 amide bonds. The van der Waals surface area contributed by atoms with E-state index in [4.69, 9.17) is 0 Å². The molecule has 11 rings (SSSR count). The number of H-pyrrole nitrogens is 2. The smallest absolute Gasteiger partial charge is 0.200 e. The number of hydrogen-bond donors (Lipinski definition) is 3. The van der Waals surface area contributed by atoms with Gasteiger partial charge in [-0.25, -0.2) is 92.8 Å². The second-order valence-corrected chi connectivity index (χ2v) is 17.5. The average Bonchev–Trinajstić information content (AvgIpc) is 4.29. The van der Waals surface area contributed by atoms with Crippen LogP contribution in [0.3, 0.4) is 0 Å². The summed E-state index contributed by atoms with van der Waals surface area (Å²) in [7, 11) is 0. The number of rotatable bonds is 4. The first-order chi connectivity index (χ1) is 35.5. The van der Waals surface area contributed by atoms with Crippen LogP contribution in [0.15, 0.2) is 24.3 Å². The van der Waals surface area contributed by atoms with E-state index in [1.807, 2.05) is 0 Å². The van der Waals surface area contributed by atoms with Crippen LogP contribution in [-0.4, -0.2) is 55.2 Å². The number of aromatic nitrogens is 4. The zero-order valence-corrected chi connectivity index (χ0v) is 36.2. The second-order valence-electron chi connectivity index (χ2n) is 17.5. The predicted octanol–water partition coefficient (Wildman–Crippen LogP) is 13.3. The van der Waals surface area contributed by atoms with Crippen molar-refractivity contribution in [3.8, 4) is 44.5 Å². The minimum atomic E-state index is -2.72. The Labute approximate surface area is 402 Å². The summed E-state index contributed by atoms with van der Waals surface area (Å²) in [4.78, 5) is 14.6. The molecule has 3 N–H and O–H groups in total. The molecule has 4 aliphatic rings. The molecule has 0 spiro atoms. The molecule has 4 atom stereocenters. The molecule has 0 radical (unpaired) electrons. The van der Waals surface area contributed by atoms with Gasteiger partial charge in [0, 0.05) is 75.3 Å². The predicted molar refractivity (Wildman–Crippen MR) is 222 cm³/mol. The van der Waals surface area contributed by atoms with Crippen LogP contribution in [-0.2, 0) is 0 Å². The van der Waals surface area contributed by atoms with Gasteiger partial charge in [0.25, 0.3) is 0 Å². The van der Waals surface area contributed by atoms with Gasteiger partial charge in [0.2, 0.25) is 23.3 Å². The van der Waals surface area contributed by atoms with Crippen LogP contribution in [0.25, 0.3) is 78.7 Å². The molecule has 7 aromatic rings. The van der Waals surface area contributed by atoms with E-state index in [0.29, 0.717) is 36.4 Å². The number of nitrogens with one attached hydrogen (secondary N) is 2. The van der Waals surface area contributed by atoms with Crippen LogP contribution in [0.1, 0.15) is 41.0 Å². The van der Waals surface area contributed by atoms with Crippen molar-refractivity contribution in [2.75, 3.05) is 13.1 Å². The van der Waals surface area contributed by atoms with Crippen LogP contribution >= 0.6 is 0 Å². The quantitative estimate of drug-likeness (QED) is 0.0932. The Morgan fingerprint density at radius 1 is 0.360 bits per heavy atom. The zero-order chi connectivity index (χ0) is 53.9. The number of hydrogen-bond acceptors (Lipinski definition) is 4. The highest BCUT2D eigenvalue weighted by Gasteiger charge is 2.54. The van der Waals surface area contributed by atoms with Gasteiger partial charge in [0.05, 0.1) is 51.1 Å². The number of fused-ring (bicyclic) bond motifs is 13. The molecular weight excluding hydrogens is 1050 g/mol. The van der Waals surface area contributed by atoms with Crippen molar-refractivity contribution in [1.82, 2.24) is 24.8 Å². The lowest BCUT2D eigenvalue weighted by Crippen LogP contribution is -2.26. The molecule has 0 unspecified atom stereocenters. The lowest BCUT2D eigenvalue weighted by Gasteiger charge is -2.21. The lowest BCUT2D eigenvalue weighted by molar-refractivity contribution is 0.176. The molecule has 2 saturated heterocycles. The number of aliphatic hydroxyl groups is 1. The van der Waals surface area contributed by atoms with Gasteiger partial charge >= 0.3 is 0 Å². The summed E-state index contributed by atoms with van der Waals surface area (Å²) in [6.07, 6.45) is -0.316. The van der Waals surface area contributed by atoms with Gasteiger partial charge in [0.15, 0.2) is 93.1 Å². The van der Waals surface area contributed by atoms with Crippen LogP contribution in [0.5, 0.6) is 0 Å². The van der Waals surface area contributed by atoms with E-state index in [1.165, 1.54) is 4.90 Å². The fourth-order valence-corrected chi connectivity index (χ4v) is 10.4. The molecule has 75 heavy (non-hydrogen) atoms. The minimum Gasteiger partial charge on any atom is -0.392 e. The van der Waals surface area contributed by atoms with Crippen molar-refractivity contribution in [2.24, 2.45) is 0 Å². The largest absolute Gasteiger partial charge is 0.392 e. The van der Waals surface area contributed by atoms with Crippen molar-refractivity contribution < 1.29 is 92.9 Å². The third-order valence-corrected chi connectivity index (χ3v) is 13.6. The van der Waals surface area contributed by atoms with Crippen molar-refractivity contribution in [2.45, 2.75) is 30.4 Å². The number of nitrogens with zero attached hydrogens (tertiary/aromatic N) is 3. The van der Waals surface area contributed by atoms with Crippen molar-refractivity contribution in [3.63, 3.8) is 0 Å². The van der Waals surface area contributed by atoms with E-state index < -0.39 is 236 Å². The number of aromatic amines is 2. The van der Waals surface area contributed by atoms with Gasteiger partial charge in [-0.3, -0.25) is 9.88 Å². The summed E-state index contributed by atoms with van der Waals surface area (Å²) < 4.78 is 311. The third kappa shape index (κ3) is 6.89. The molecule has 6 nitrogen and oxygen atoms in total. The van der Waals surface area contributed by atoms with E-state index in [2.05, 4.69) is 19.9 Å². The highest BCUT2D eigenvalue weighted by molar-refractivity contribution is 5.99. The summed E-state index contributed by atoms with van der Waals surface area (Å²) in [5, 5.41) is 10.8. The van der Waals surface area contributed by atoms with Crippen molar-refractivity contribution >= 4 is 34.2 Å². The normalized spacial score (nSPS) is 18.2. The SMILES string of the molecule is O[C@@H]1C[C@H]2[C@@H]3c4nc(c(-c5c(F)c(F)c(F)c(F)c5F)c5nc(c(-c6c(F)c(F)c(F)c(F)c6F)c6ccc([nH]6)c(-c6c(F)c(F)c(F)c(F)c6F)c6ccc([nH]6)c4-c4c(F)c(F)c(F)c(F)c4F)C=C5)[C@@H]3CN2C1. The van der Waals surface area contributed by atoms with Gasteiger partial charge in [-0.1, -0.05) is 0 Å². The summed E-state index contributed by atoms with van der Waals surface area (Å²) in [6, 6.07) is 1.50. The Kier molecular flexibility index (Phi) is 11.3. The first-order valence-electron chi connectivity index (χ1n) is 21.4. The zero-order valence-electron chi connectivity index (χ0n) is 36.2. The Hall–Kier alpha value is -7.74. The average molecular weight is 1070 g/mol. The Balaban J connectivity index is 1.45. The topological polar surface area (TPSA) is 80.8 Å². The summed E-state index contributed by atoms with van der Waals surface area (Å²) in [5.74, 6) is -55.8. The summed E-state index contributed by atoms with van der Waals surface area (Å²) >= 11 is 0. The molecule has 0 aliphatic carbocycles. The van der Waals surface area contributed by atoms with E-state index in [-0.39, 0.29) is 13.0 Å².